The summed E-state index contributed by atoms with van der Waals surface area (Å²) in [5, 5.41) is 11.5. The first-order valence-electron chi connectivity index (χ1n) is 5.15. The molecule has 98 valence electrons. The first kappa shape index (κ1) is 14.6. The number of rotatable bonds is 6. The fraction of sp³-hybridized carbons (Fsp3) is 0.273. The van der Waals surface area contributed by atoms with E-state index in [1.807, 2.05) is 0 Å². The van der Waals surface area contributed by atoms with Crippen LogP contribution in [0.25, 0.3) is 0 Å². The minimum absolute atomic E-state index is 0.0107. The normalized spacial score (nSPS) is 10.1. The van der Waals surface area contributed by atoms with Crippen LogP contribution < -0.4 is 11.1 Å². The number of anilines is 1. The molecule has 0 spiro atoms. The van der Waals surface area contributed by atoms with Gasteiger partial charge in [0.15, 0.2) is 0 Å². The summed E-state index contributed by atoms with van der Waals surface area (Å²) in [5.41, 5.74) is 5.45. The van der Waals surface area contributed by atoms with E-state index in [-0.39, 0.29) is 24.5 Å². The Morgan fingerprint density at radius 1 is 1.44 bits per heavy atom. The Labute approximate surface area is 112 Å². The van der Waals surface area contributed by atoms with Gasteiger partial charge in [0, 0.05) is 11.0 Å². The van der Waals surface area contributed by atoms with E-state index in [9.17, 15) is 9.59 Å². The first-order chi connectivity index (χ1) is 8.54. The van der Waals surface area contributed by atoms with E-state index < -0.39 is 11.9 Å². The highest BCUT2D eigenvalue weighted by Gasteiger charge is 2.12. The molecule has 4 N–H and O–H groups in total. The third kappa shape index (κ3) is 4.44. The second-order valence-electron chi connectivity index (χ2n) is 3.38. The lowest BCUT2D eigenvalue weighted by Gasteiger charge is -2.09. The largest absolute Gasteiger partial charge is 0.478 e. The average molecular weight is 317 g/mol. The van der Waals surface area contributed by atoms with Crippen molar-refractivity contribution in [2.75, 3.05) is 25.1 Å². The van der Waals surface area contributed by atoms with Crippen molar-refractivity contribution in [3.05, 3.63) is 28.2 Å². The van der Waals surface area contributed by atoms with Crippen LogP contribution in [-0.2, 0) is 9.53 Å². The Kier molecular flexibility index (Phi) is 5.76. The van der Waals surface area contributed by atoms with Crippen LogP contribution in [0, 0.1) is 0 Å². The molecule has 18 heavy (non-hydrogen) atoms. The Balaban J connectivity index is 2.72. The summed E-state index contributed by atoms with van der Waals surface area (Å²) in [6.07, 6.45) is 0. The maximum atomic E-state index is 11.5. The molecular formula is C11H13BrN2O4. The molecule has 0 saturated carbocycles. The quantitative estimate of drug-likeness (QED) is 0.681. The Morgan fingerprint density at radius 2 is 2.17 bits per heavy atom. The van der Waals surface area contributed by atoms with Crippen molar-refractivity contribution in [2.24, 2.45) is 5.73 Å². The molecule has 0 bridgehead atoms. The maximum Gasteiger partial charge on any atom is 0.337 e. The summed E-state index contributed by atoms with van der Waals surface area (Å²) < 4.78 is 5.57. The Morgan fingerprint density at radius 3 is 2.78 bits per heavy atom. The van der Waals surface area contributed by atoms with Crippen LogP contribution in [0.15, 0.2) is 22.7 Å². The van der Waals surface area contributed by atoms with Gasteiger partial charge in [0.05, 0.1) is 17.9 Å². The van der Waals surface area contributed by atoms with Crippen LogP contribution in [0.3, 0.4) is 0 Å². The van der Waals surface area contributed by atoms with Crippen LogP contribution in [0.4, 0.5) is 5.69 Å². The fourth-order valence-electron chi connectivity index (χ4n) is 1.24. The van der Waals surface area contributed by atoms with E-state index in [0.717, 1.165) is 0 Å². The van der Waals surface area contributed by atoms with Crippen LogP contribution in [0.2, 0.25) is 0 Å². The lowest BCUT2D eigenvalue weighted by molar-refractivity contribution is -0.120. The van der Waals surface area contributed by atoms with Crippen LogP contribution >= 0.6 is 15.9 Å². The lowest BCUT2D eigenvalue weighted by Crippen LogP contribution is -2.21. The van der Waals surface area contributed by atoms with Gasteiger partial charge < -0.3 is 20.9 Å². The number of amides is 1. The number of ether oxygens (including phenoxy) is 1. The minimum Gasteiger partial charge on any atom is -0.478 e. The summed E-state index contributed by atoms with van der Waals surface area (Å²) in [6.45, 7) is 0.442. The van der Waals surface area contributed by atoms with Crippen molar-refractivity contribution in [3.63, 3.8) is 0 Å². The number of carbonyl (C=O) groups is 2. The highest BCUT2D eigenvalue weighted by molar-refractivity contribution is 9.10. The van der Waals surface area contributed by atoms with E-state index in [0.29, 0.717) is 11.0 Å². The van der Waals surface area contributed by atoms with Crippen molar-refractivity contribution in [1.29, 1.82) is 0 Å². The molecule has 7 heteroatoms. The number of halogens is 1. The van der Waals surface area contributed by atoms with E-state index in [1.54, 1.807) is 6.07 Å². The van der Waals surface area contributed by atoms with Crippen LogP contribution in [-0.4, -0.2) is 36.7 Å². The fourth-order valence-corrected chi connectivity index (χ4v) is 1.60. The molecule has 0 radical (unpaired) electrons. The van der Waals surface area contributed by atoms with Gasteiger partial charge in [-0.2, -0.15) is 0 Å². The number of aromatic carboxylic acids is 1. The highest BCUT2D eigenvalue weighted by Crippen LogP contribution is 2.21. The number of hydrogen-bond donors (Lipinski definition) is 3. The summed E-state index contributed by atoms with van der Waals surface area (Å²) in [4.78, 5) is 22.5. The van der Waals surface area contributed by atoms with E-state index >= 15 is 0 Å². The second-order valence-corrected chi connectivity index (χ2v) is 4.30. The van der Waals surface area contributed by atoms with Gasteiger partial charge in [-0.15, -0.1) is 0 Å². The van der Waals surface area contributed by atoms with Crippen molar-refractivity contribution in [1.82, 2.24) is 0 Å². The van der Waals surface area contributed by atoms with Gasteiger partial charge in [0.25, 0.3) is 0 Å². The van der Waals surface area contributed by atoms with Crippen LogP contribution in [0.5, 0.6) is 0 Å². The molecule has 0 aromatic heterocycles. The van der Waals surface area contributed by atoms with Gasteiger partial charge in [-0.05, 0) is 18.2 Å². The van der Waals surface area contributed by atoms with Gasteiger partial charge in [-0.1, -0.05) is 15.9 Å². The smallest absolute Gasteiger partial charge is 0.337 e. The number of nitrogens with two attached hydrogens (primary N) is 1. The summed E-state index contributed by atoms with van der Waals surface area (Å²) >= 11 is 3.17. The predicted molar refractivity (Wildman–Crippen MR) is 69.6 cm³/mol. The van der Waals surface area contributed by atoms with Crippen molar-refractivity contribution in [3.8, 4) is 0 Å². The molecule has 1 aromatic carbocycles. The molecule has 1 rings (SSSR count). The van der Waals surface area contributed by atoms with Crippen molar-refractivity contribution in [2.45, 2.75) is 0 Å². The molecule has 0 fully saturated rings. The number of carbonyl (C=O) groups excluding carboxylic acids is 1. The molecule has 1 aromatic rings. The average Bonchev–Trinajstić information content (AvgIpc) is 2.31. The number of carboxylic acids is 1. The summed E-state index contributed by atoms with van der Waals surface area (Å²) in [7, 11) is 0. The molecule has 6 nitrogen and oxygen atoms in total. The van der Waals surface area contributed by atoms with E-state index in [4.69, 9.17) is 15.6 Å². The van der Waals surface area contributed by atoms with Crippen molar-refractivity contribution < 1.29 is 19.4 Å². The van der Waals surface area contributed by atoms with Gasteiger partial charge in [0.2, 0.25) is 5.91 Å². The monoisotopic (exact) mass is 316 g/mol. The molecule has 1 amide bonds. The predicted octanol–water partition coefficient (Wildman–Crippen LogP) is 1.06. The lowest BCUT2D eigenvalue weighted by atomic mass is 10.2. The molecule has 0 unspecified atom stereocenters. The van der Waals surface area contributed by atoms with Gasteiger partial charge in [-0.3, -0.25) is 4.79 Å². The van der Waals surface area contributed by atoms with E-state index in [2.05, 4.69) is 21.2 Å². The topological polar surface area (TPSA) is 102 Å². The van der Waals surface area contributed by atoms with Gasteiger partial charge in [0.1, 0.15) is 6.61 Å². The zero-order valence-corrected chi connectivity index (χ0v) is 11.1. The zero-order valence-electron chi connectivity index (χ0n) is 9.48. The maximum absolute atomic E-state index is 11.5. The molecule has 0 atom stereocenters. The molecular weight excluding hydrogens is 304 g/mol. The molecule has 0 aliphatic heterocycles. The Hall–Kier alpha value is -1.44. The molecule has 0 aliphatic rings. The van der Waals surface area contributed by atoms with Gasteiger partial charge in [-0.25, -0.2) is 4.79 Å². The van der Waals surface area contributed by atoms with E-state index in [1.165, 1.54) is 12.1 Å². The molecule has 0 saturated heterocycles. The number of nitrogens with one attached hydrogen (secondary N) is 1. The minimum atomic E-state index is -1.12. The third-order valence-electron chi connectivity index (χ3n) is 1.98. The standard InChI is InChI=1S/C11H13BrN2O4/c12-7-1-2-9(8(5-7)11(16)17)14-10(15)6-18-4-3-13/h1-2,5H,3-4,6,13H2,(H,14,15)(H,16,17). The SMILES string of the molecule is NCCOCC(=O)Nc1ccc(Br)cc1C(=O)O. The third-order valence-corrected chi connectivity index (χ3v) is 2.47. The summed E-state index contributed by atoms with van der Waals surface area (Å²) in [6, 6.07) is 4.57. The Bertz CT molecular complexity index is 451. The number of hydrogen-bond acceptors (Lipinski definition) is 4. The first-order valence-corrected chi connectivity index (χ1v) is 5.94. The molecule has 0 heterocycles. The van der Waals surface area contributed by atoms with Crippen molar-refractivity contribution >= 4 is 33.5 Å². The highest BCUT2D eigenvalue weighted by atomic mass is 79.9. The number of benzene rings is 1. The van der Waals surface area contributed by atoms with Crippen LogP contribution in [0.1, 0.15) is 10.4 Å². The summed E-state index contributed by atoms with van der Waals surface area (Å²) in [5.74, 6) is -1.54. The zero-order chi connectivity index (χ0) is 13.5. The molecule has 0 aliphatic carbocycles. The number of carboxylic acid groups (broad SMARTS) is 1. The second kappa shape index (κ2) is 7.10. The van der Waals surface area contributed by atoms with Gasteiger partial charge >= 0.3 is 5.97 Å².